The summed E-state index contributed by atoms with van der Waals surface area (Å²) in [6.45, 7) is 0. The third-order valence-corrected chi connectivity index (χ3v) is 5.19. The van der Waals surface area contributed by atoms with Crippen LogP contribution in [0.5, 0.6) is 5.75 Å². The number of para-hydroxylation sites is 1. The van der Waals surface area contributed by atoms with Crippen molar-refractivity contribution in [3.8, 4) is 5.75 Å². The van der Waals surface area contributed by atoms with Crippen LogP contribution in [0.1, 0.15) is 6.42 Å². The zero-order valence-corrected chi connectivity index (χ0v) is 15.6. The third-order valence-electron chi connectivity index (χ3n) is 3.96. The van der Waals surface area contributed by atoms with E-state index in [1.807, 2.05) is 0 Å². The summed E-state index contributed by atoms with van der Waals surface area (Å²) in [6, 6.07) is 13.0. The number of benzene rings is 2. The molecule has 1 N–H and O–H groups in total. The number of hydrogen-bond acceptors (Lipinski definition) is 5. The van der Waals surface area contributed by atoms with Gasteiger partial charge in [-0.1, -0.05) is 23.9 Å². The molecule has 2 amide bonds. The Kier molecular flexibility index (Phi) is 5.75. The van der Waals surface area contributed by atoms with Crippen molar-refractivity contribution in [2.24, 2.45) is 4.99 Å². The maximum atomic E-state index is 13.6. The molecule has 1 atom stereocenters. The molecule has 1 aliphatic rings. The normalized spacial score (nSPS) is 18.0. The first-order valence-electron chi connectivity index (χ1n) is 8.19. The molecule has 0 bridgehead atoms. The van der Waals surface area contributed by atoms with Crippen LogP contribution >= 0.6 is 11.8 Å². The molecule has 140 valence electrons. The number of halogens is 1. The van der Waals surface area contributed by atoms with E-state index in [0.29, 0.717) is 16.6 Å². The van der Waals surface area contributed by atoms with Crippen LogP contribution in [0.3, 0.4) is 0 Å². The molecular formula is C19H18FN3O3S. The molecule has 1 fully saturated rings. The van der Waals surface area contributed by atoms with Gasteiger partial charge in [-0.2, -0.15) is 0 Å². The molecule has 1 aliphatic heterocycles. The number of thioether (sulfide) groups is 1. The minimum absolute atomic E-state index is 0.0657. The predicted octanol–water partition coefficient (Wildman–Crippen LogP) is 3.42. The lowest BCUT2D eigenvalue weighted by molar-refractivity contribution is -0.127. The predicted molar refractivity (Wildman–Crippen MR) is 104 cm³/mol. The van der Waals surface area contributed by atoms with E-state index >= 15 is 0 Å². The molecule has 2 aromatic rings. The van der Waals surface area contributed by atoms with Crippen LogP contribution in [0.25, 0.3) is 0 Å². The highest BCUT2D eigenvalue weighted by Crippen LogP contribution is 2.31. The molecule has 8 heteroatoms. The number of ether oxygens (including phenoxy) is 1. The number of carbonyl (C=O) groups is 2. The maximum absolute atomic E-state index is 13.6. The number of aliphatic imine (C=N–C) groups is 1. The number of hydrogen-bond donors (Lipinski definition) is 1. The largest absolute Gasteiger partial charge is 0.497 e. The maximum Gasteiger partial charge on any atom is 0.242 e. The van der Waals surface area contributed by atoms with E-state index in [0.717, 1.165) is 0 Å². The Morgan fingerprint density at radius 2 is 1.96 bits per heavy atom. The van der Waals surface area contributed by atoms with Gasteiger partial charge in [0.2, 0.25) is 11.8 Å². The fourth-order valence-corrected chi connectivity index (χ4v) is 3.65. The van der Waals surface area contributed by atoms with Crippen molar-refractivity contribution < 1.29 is 18.7 Å². The second kappa shape index (κ2) is 8.22. The highest BCUT2D eigenvalue weighted by molar-refractivity contribution is 8.15. The van der Waals surface area contributed by atoms with E-state index in [-0.39, 0.29) is 18.0 Å². The molecule has 1 saturated heterocycles. The van der Waals surface area contributed by atoms with Gasteiger partial charge in [0, 0.05) is 13.5 Å². The molecule has 0 aromatic heterocycles. The van der Waals surface area contributed by atoms with E-state index in [9.17, 15) is 14.0 Å². The van der Waals surface area contributed by atoms with Gasteiger partial charge in [-0.3, -0.25) is 14.5 Å². The monoisotopic (exact) mass is 387 g/mol. The van der Waals surface area contributed by atoms with Gasteiger partial charge in [0.1, 0.15) is 16.8 Å². The molecule has 27 heavy (non-hydrogen) atoms. The minimum atomic E-state index is -0.598. The number of methoxy groups -OCH3 is 1. The summed E-state index contributed by atoms with van der Waals surface area (Å²) in [5.41, 5.74) is 0.771. The minimum Gasteiger partial charge on any atom is -0.497 e. The average Bonchev–Trinajstić information content (AvgIpc) is 2.92. The average molecular weight is 387 g/mol. The molecule has 6 nitrogen and oxygen atoms in total. The van der Waals surface area contributed by atoms with Crippen molar-refractivity contribution in [1.29, 1.82) is 0 Å². The number of nitrogens with zero attached hydrogens (tertiary/aromatic N) is 2. The Hall–Kier alpha value is -2.87. The lowest BCUT2D eigenvalue weighted by atomic mass is 10.2. The molecule has 3 rings (SSSR count). The molecule has 2 aromatic carbocycles. The smallest absolute Gasteiger partial charge is 0.242 e. The zero-order chi connectivity index (χ0) is 19.4. The zero-order valence-electron chi connectivity index (χ0n) is 14.8. The van der Waals surface area contributed by atoms with Crippen molar-refractivity contribution in [3.63, 3.8) is 0 Å². The number of rotatable bonds is 5. The quantitative estimate of drug-likeness (QED) is 0.853. The fraction of sp³-hybridized carbons (Fsp3) is 0.211. The van der Waals surface area contributed by atoms with Crippen LogP contribution in [-0.4, -0.2) is 41.3 Å². The van der Waals surface area contributed by atoms with Gasteiger partial charge in [0.05, 0.1) is 18.5 Å². The summed E-state index contributed by atoms with van der Waals surface area (Å²) in [5, 5.41) is 2.41. The van der Waals surface area contributed by atoms with E-state index in [1.54, 1.807) is 44.5 Å². The van der Waals surface area contributed by atoms with Gasteiger partial charge in [0.25, 0.3) is 0 Å². The molecule has 1 unspecified atom stereocenters. The van der Waals surface area contributed by atoms with Crippen molar-refractivity contribution in [3.05, 3.63) is 54.3 Å². The van der Waals surface area contributed by atoms with Gasteiger partial charge in [-0.05, 0) is 36.4 Å². The highest BCUT2D eigenvalue weighted by Gasteiger charge is 2.37. The molecule has 0 aliphatic carbocycles. The van der Waals surface area contributed by atoms with Crippen molar-refractivity contribution >= 4 is 40.1 Å². The number of nitrogens with one attached hydrogen (secondary N) is 1. The molecular weight excluding hydrogens is 369 g/mol. The van der Waals surface area contributed by atoms with E-state index in [1.165, 1.54) is 34.9 Å². The highest BCUT2D eigenvalue weighted by atomic mass is 32.2. The Balaban J connectivity index is 1.67. The van der Waals surface area contributed by atoms with Crippen LogP contribution in [-0.2, 0) is 9.59 Å². The summed E-state index contributed by atoms with van der Waals surface area (Å²) in [6.07, 6.45) is -0.0657. The first-order valence-corrected chi connectivity index (χ1v) is 9.07. The Labute approximate surface area is 160 Å². The van der Waals surface area contributed by atoms with Gasteiger partial charge < -0.3 is 10.1 Å². The Morgan fingerprint density at radius 3 is 2.63 bits per heavy atom. The van der Waals surface area contributed by atoms with Gasteiger partial charge in [-0.15, -0.1) is 0 Å². The Morgan fingerprint density at radius 1 is 1.26 bits per heavy atom. The Bertz CT molecular complexity index is 886. The van der Waals surface area contributed by atoms with E-state index < -0.39 is 17.0 Å². The summed E-state index contributed by atoms with van der Waals surface area (Å²) in [4.78, 5) is 30.5. The molecule has 0 spiro atoms. The number of anilines is 1. The van der Waals surface area contributed by atoms with Crippen molar-refractivity contribution in [2.45, 2.75) is 11.7 Å². The third kappa shape index (κ3) is 4.46. The molecule has 0 radical (unpaired) electrons. The number of amides is 2. The summed E-state index contributed by atoms with van der Waals surface area (Å²) in [5.74, 6) is -0.443. The van der Waals surface area contributed by atoms with Crippen LogP contribution in [0.4, 0.5) is 15.8 Å². The van der Waals surface area contributed by atoms with Crippen LogP contribution in [0.15, 0.2) is 53.5 Å². The molecule has 1 heterocycles. The van der Waals surface area contributed by atoms with E-state index in [2.05, 4.69) is 10.3 Å². The number of amidine groups is 1. The summed E-state index contributed by atoms with van der Waals surface area (Å²) in [7, 11) is 3.20. The molecule has 0 saturated carbocycles. The fourth-order valence-electron chi connectivity index (χ4n) is 2.50. The lowest BCUT2D eigenvalue weighted by Crippen LogP contribution is -2.30. The first kappa shape index (κ1) is 18.9. The van der Waals surface area contributed by atoms with Gasteiger partial charge in [0.15, 0.2) is 5.17 Å². The van der Waals surface area contributed by atoms with Crippen LogP contribution < -0.4 is 10.1 Å². The lowest BCUT2D eigenvalue weighted by Gasteiger charge is -2.09. The topological polar surface area (TPSA) is 71.0 Å². The van der Waals surface area contributed by atoms with Crippen molar-refractivity contribution in [2.75, 3.05) is 19.5 Å². The van der Waals surface area contributed by atoms with Gasteiger partial charge in [-0.25, -0.2) is 9.38 Å². The second-order valence-corrected chi connectivity index (χ2v) is 7.00. The van der Waals surface area contributed by atoms with Crippen molar-refractivity contribution in [1.82, 2.24) is 4.90 Å². The first-order chi connectivity index (χ1) is 13.0. The summed E-state index contributed by atoms with van der Waals surface area (Å²) >= 11 is 1.22. The van der Waals surface area contributed by atoms with Gasteiger partial charge >= 0.3 is 0 Å². The summed E-state index contributed by atoms with van der Waals surface area (Å²) < 4.78 is 18.7. The second-order valence-electron chi connectivity index (χ2n) is 5.83. The SMILES string of the molecule is COc1ccc(N=C2SC(CC(=O)Nc3ccccc3F)C(=O)N2C)cc1. The number of carbonyl (C=O) groups excluding carboxylic acids is 2. The van der Waals surface area contributed by atoms with E-state index in [4.69, 9.17) is 4.74 Å². The van der Waals surface area contributed by atoms with Crippen LogP contribution in [0.2, 0.25) is 0 Å². The van der Waals surface area contributed by atoms with Crippen LogP contribution in [0, 0.1) is 5.82 Å². The standard InChI is InChI=1S/C19H18FN3O3S/c1-23-18(25)16(11-17(24)22-15-6-4-3-5-14(15)20)27-19(23)21-12-7-9-13(26-2)10-8-12/h3-10,16H,11H2,1-2H3,(H,22,24).